The molecule has 0 spiro atoms. The van der Waals surface area contributed by atoms with Gasteiger partial charge in [-0.15, -0.1) is 0 Å². The molecule has 0 aromatic heterocycles. The molecule has 1 N–H and O–H groups in total. The van der Waals surface area contributed by atoms with Gasteiger partial charge in [0.1, 0.15) is 23.2 Å². The number of hydrogen-bond acceptors (Lipinski definition) is 5. The molecule has 0 atom stereocenters. The number of fused-ring (bicyclic) bond motifs is 1. The first-order valence-corrected chi connectivity index (χ1v) is 7.65. The van der Waals surface area contributed by atoms with Crippen molar-refractivity contribution in [2.75, 3.05) is 13.0 Å². The summed E-state index contributed by atoms with van der Waals surface area (Å²) in [6.07, 6.45) is 3.15. The van der Waals surface area contributed by atoms with Gasteiger partial charge in [-0.25, -0.2) is 0 Å². The number of methoxy groups -OCH3 is 1. The summed E-state index contributed by atoms with van der Waals surface area (Å²) in [5.74, 6) is 1.58. The molecule has 0 saturated carbocycles. The Morgan fingerprint density at radius 2 is 2.09 bits per heavy atom. The second-order valence-corrected chi connectivity index (χ2v) is 5.66. The summed E-state index contributed by atoms with van der Waals surface area (Å²) in [6.45, 7) is 0. The number of ketones is 1. The van der Waals surface area contributed by atoms with Gasteiger partial charge in [0.25, 0.3) is 0 Å². The van der Waals surface area contributed by atoms with Crippen LogP contribution in [0.25, 0.3) is 6.08 Å². The predicted octanol–water partition coefficient (Wildman–Crippen LogP) is 3.74. The quantitative estimate of drug-likeness (QED) is 0.688. The number of phenols is 1. The van der Waals surface area contributed by atoms with Crippen LogP contribution < -0.4 is 9.47 Å². The molecule has 2 aromatic carbocycles. The van der Waals surface area contributed by atoms with Gasteiger partial charge in [-0.05, 0) is 29.8 Å². The lowest BCUT2D eigenvalue weighted by Crippen LogP contribution is -1.95. The van der Waals surface area contributed by atoms with Gasteiger partial charge >= 0.3 is 0 Å². The third kappa shape index (κ3) is 2.94. The van der Waals surface area contributed by atoms with E-state index in [2.05, 4.69) is 0 Å². The number of hydrogen-bond donors (Lipinski definition) is 1. The van der Waals surface area contributed by atoms with E-state index in [1.54, 1.807) is 19.3 Å². The molecule has 0 unspecified atom stereocenters. The third-order valence-corrected chi connectivity index (χ3v) is 4.17. The van der Waals surface area contributed by atoms with Crippen LogP contribution in [0.1, 0.15) is 15.9 Å². The zero-order valence-corrected chi connectivity index (χ0v) is 12.7. The molecule has 1 aliphatic rings. The second kappa shape index (κ2) is 6.15. The van der Waals surface area contributed by atoms with E-state index in [0.717, 1.165) is 16.2 Å². The Kier molecular flexibility index (Phi) is 4.06. The lowest BCUT2D eigenvalue weighted by atomic mass is 10.1. The van der Waals surface area contributed by atoms with Crippen molar-refractivity contribution in [1.29, 1.82) is 0 Å². The number of carbonyl (C=O) groups excluding carboxylic acids is 1. The fraction of sp³-hybridized carbons (Fsp3) is 0.118. The minimum absolute atomic E-state index is 0.0642. The molecule has 5 heteroatoms. The average Bonchev–Trinajstić information content (AvgIpc) is 2.99. The van der Waals surface area contributed by atoms with E-state index >= 15 is 0 Å². The lowest BCUT2D eigenvalue weighted by Gasteiger charge is -2.04. The summed E-state index contributed by atoms with van der Waals surface area (Å²) in [7, 11) is 1.60. The fourth-order valence-corrected chi connectivity index (χ4v) is 2.88. The molecule has 112 valence electrons. The molecule has 0 fully saturated rings. The number of phenolic OH excluding ortho intramolecular Hbond substituents is 1. The van der Waals surface area contributed by atoms with Crippen molar-refractivity contribution in [3.8, 4) is 17.2 Å². The normalized spacial score (nSPS) is 13.0. The van der Waals surface area contributed by atoms with E-state index < -0.39 is 0 Å². The number of ether oxygens (including phenoxy) is 2. The topological polar surface area (TPSA) is 55.8 Å². The van der Waals surface area contributed by atoms with Gasteiger partial charge < -0.3 is 14.6 Å². The van der Waals surface area contributed by atoms with Crippen LogP contribution in [0, 0.1) is 0 Å². The molecule has 3 rings (SSSR count). The Balaban J connectivity index is 1.80. The van der Waals surface area contributed by atoms with Crippen LogP contribution in [0.3, 0.4) is 0 Å². The van der Waals surface area contributed by atoms with E-state index in [4.69, 9.17) is 9.47 Å². The largest absolute Gasteiger partial charge is 0.507 e. The molecule has 0 aliphatic carbocycles. The molecule has 0 bridgehead atoms. The molecule has 0 saturated heterocycles. The highest BCUT2D eigenvalue weighted by atomic mass is 32.2. The number of thioether (sulfide) groups is 1. The summed E-state index contributed by atoms with van der Waals surface area (Å²) in [5.41, 5.74) is 1.16. The Labute approximate surface area is 132 Å². The van der Waals surface area contributed by atoms with Gasteiger partial charge in [0, 0.05) is 6.07 Å². The first-order chi connectivity index (χ1) is 10.7. The van der Waals surface area contributed by atoms with Gasteiger partial charge in [0.05, 0.1) is 17.6 Å². The van der Waals surface area contributed by atoms with Gasteiger partial charge in [-0.3, -0.25) is 4.79 Å². The van der Waals surface area contributed by atoms with E-state index in [9.17, 15) is 9.90 Å². The average molecular weight is 314 g/mol. The molecule has 0 radical (unpaired) electrons. The highest BCUT2D eigenvalue weighted by Crippen LogP contribution is 2.40. The molecular weight excluding hydrogens is 300 g/mol. The molecule has 1 heterocycles. The van der Waals surface area contributed by atoms with Crippen molar-refractivity contribution in [2.45, 2.75) is 4.90 Å². The van der Waals surface area contributed by atoms with Gasteiger partial charge in [-0.1, -0.05) is 30.0 Å². The maximum Gasteiger partial charge on any atom is 0.189 e. The van der Waals surface area contributed by atoms with Crippen molar-refractivity contribution in [2.24, 2.45) is 0 Å². The van der Waals surface area contributed by atoms with Gasteiger partial charge in [0.15, 0.2) is 5.78 Å². The lowest BCUT2D eigenvalue weighted by molar-refractivity contribution is 0.104. The maximum atomic E-state index is 12.2. The molecule has 2 aromatic rings. The van der Waals surface area contributed by atoms with E-state index in [1.165, 1.54) is 23.9 Å². The fourth-order valence-electron chi connectivity index (χ4n) is 2.11. The van der Waals surface area contributed by atoms with Crippen LogP contribution in [-0.4, -0.2) is 23.9 Å². The minimum Gasteiger partial charge on any atom is -0.507 e. The first-order valence-electron chi connectivity index (χ1n) is 6.66. The SMILES string of the molecule is COc1ccc(C=CC(=O)c2cc3c(cc2O)OCS3)cc1. The number of allylic oxidation sites excluding steroid dienone is 1. The molecule has 1 aliphatic heterocycles. The van der Waals surface area contributed by atoms with Crippen molar-refractivity contribution in [3.05, 3.63) is 53.6 Å². The Hall–Kier alpha value is -2.40. The zero-order valence-electron chi connectivity index (χ0n) is 11.9. The Morgan fingerprint density at radius 1 is 1.32 bits per heavy atom. The van der Waals surface area contributed by atoms with Crippen molar-refractivity contribution < 1.29 is 19.4 Å². The molecule has 4 nitrogen and oxygen atoms in total. The summed E-state index contributed by atoms with van der Waals surface area (Å²) in [6, 6.07) is 10.5. The standard InChI is InChI=1S/C17H14O4S/c1-20-12-5-2-11(3-6-12)4-7-14(18)13-8-17-16(9-15(13)19)21-10-22-17/h2-9,19H,10H2,1H3. The highest BCUT2D eigenvalue weighted by molar-refractivity contribution is 7.99. The third-order valence-electron chi connectivity index (χ3n) is 3.30. The second-order valence-electron chi connectivity index (χ2n) is 4.69. The summed E-state index contributed by atoms with van der Waals surface area (Å²) in [4.78, 5) is 13.1. The molecule has 22 heavy (non-hydrogen) atoms. The smallest absolute Gasteiger partial charge is 0.189 e. The number of aromatic hydroxyl groups is 1. The minimum atomic E-state index is -0.247. The number of rotatable bonds is 4. The highest BCUT2D eigenvalue weighted by Gasteiger charge is 2.18. The predicted molar refractivity (Wildman–Crippen MR) is 85.8 cm³/mol. The van der Waals surface area contributed by atoms with E-state index in [0.29, 0.717) is 11.7 Å². The van der Waals surface area contributed by atoms with Crippen LogP contribution in [0.5, 0.6) is 17.2 Å². The van der Waals surface area contributed by atoms with Crippen molar-refractivity contribution in [1.82, 2.24) is 0 Å². The van der Waals surface area contributed by atoms with Crippen LogP contribution in [-0.2, 0) is 0 Å². The summed E-state index contributed by atoms with van der Waals surface area (Å²) in [5, 5.41) is 9.95. The summed E-state index contributed by atoms with van der Waals surface area (Å²) >= 11 is 1.50. The number of benzene rings is 2. The summed E-state index contributed by atoms with van der Waals surface area (Å²) < 4.78 is 10.4. The Morgan fingerprint density at radius 3 is 2.82 bits per heavy atom. The van der Waals surface area contributed by atoms with Crippen LogP contribution in [0.4, 0.5) is 0 Å². The zero-order chi connectivity index (χ0) is 15.5. The van der Waals surface area contributed by atoms with Crippen LogP contribution in [0.15, 0.2) is 47.4 Å². The van der Waals surface area contributed by atoms with Crippen molar-refractivity contribution in [3.63, 3.8) is 0 Å². The van der Waals surface area contributed by atoms with Gasteiger partial charge in [0.2, 0.25) is 0 Å². The number of carbonyl (C=O) groups is 1. The molecule has 0 amide bonds. The van der Waals surface area contributed by atoms with Crippen LogP contribution in [0.2, 0.25) is 0 Å². The van der Waals surface area contributed by atoms with Crippen molar-refractivity contribution >= 4 is 23.6 Å². The monoisotopic (exact) mass is 314 g/mol. The Bertz CT molecular complexity index is 735. The van der Waals surface area contributed by atoms with Gasteiger partial charge in [-0.2, -0.15) is 0 Å². The van der Waals surface area contributed by atoms with E-state index in [1.807, 2.05) is 24.3 Å². The maximum absolute atomic E-state index is 12.2. The molecular formula is C17H14O4S. The van der Waals surface area contributed by atoms with E-state index in [-0.39, 0.29) is 17.1 Å². The first kappa shape index (κ1) is 14.5. The van der Waals surface area contributed by atoms with Crippen LogP contribution >= 0.6 is 11.8 Å².